The molecule has 0 radical (unpaired) electrons. The van der Waals surface area contributed by atoms with Gasteiger partial charge in [0.05, 0.1) is 28.9 Å². The van der Waals surface area contributed by atoms with E-state index in [1.54, 1.807) is 13.0 Å². The second-order valence-electron chi connectivity index (χ2n) is 5.71. The van der Waals surface area contributed by atoms with Gasteiger partial charge in [0.1, 0.15) is 0 Å². The maximum absolute atomic E-state index is 12.5. The third-order valence-electron chi connectivity index (χ3n) is 4.00. The zero-order valence-corrected chi connectivity index (χ0v) is 12.5. The van der Waals surface area contributed by atoms with Gasteiger partial charge < -0.3 is 10.4 Å². The largest absolute Gasteiger partial charge is 0.481 e. The van der Waals surface area contributed by atoms with Crippen molar-refractivity contribution in [3.63, 3.8) is 0 Å². The van der Waals surface area contributed by atoms with Crippen LogP contribution in [0, 0.1) is 6.92 Å². The predicted octanol–water partition coefficient (Wildman–Crippen LogP) is 1.86. The van der Waals surface area contributed by atoms with Gasteiger partial charge in [0.2, 0.25) is 0 Å². The molecular formula is C15H21N3O3. The van der Waals surface area contributed by atoms with Crippen molar-refractivity contribution < 1.29 is 14.7 Å². The molecule has 0 aliphatic heterocycles. The van der Waals surface area contributed by atoms with E-state index in [4.69, 9.17) is 5.11 Å². The number of aromatic nitrogens is 2. The number of rotatable bonds is 5. The SMILES string of the molecule is CCc1nnc(C)cc1C(=O)NC1(CC(=O)O)CCCC1. The molecule has 0 spiro atoms. The van der Waals surface area contributed by atoms with E-state index >= 15 is 0 Å². The summed E-state index contributed by atoms with van der Waals surface area (Å²) in [4.78, 5) is 23.6. The maximum atomic E-state index is 12.5. The molecule has 6 heteroatoms. The van der Waals surface area contributed by atoms with Crippen molar-refractivity contribution in [3.05, 3.63) is 23.0 Å². The summed E-state index contributed by atoms with van der Waals surface area (Å²) in [5.41, 5.74) is 1.20. The third kappa shape index (κ3) is 3.56. The lowest BCUT2D eigenvalue weighted by Crippen LogP contribution is -2.48. The number of amides is 1. The first-order valence-corrected chi connectivity index (χ1v) is 7.33. The lowest BCUT2D eigenvalue weighted by atomic mass is 9.92. The Hall–Kier alpha value is -1.98. The Morgan fingerprint density at radius 1 is 1.33 bits per heavy atom. The lowest BCUT2D eigenvalue weighted by molar-refractivity contribution is -0.138. The summed E-state index contributed by atoms with van der Waals surface area (Å²) in [5, 5.41) is 20.1. The van der Waals surface area contributed by atoms with Crippen molar-refractivity contribution in [1.82, 2.24) is 15.5 Å². The number of nitrogens with zero attached hydrogens (tertiary/aromatic N) is 2. The number of carbonyl (C=O) groups excluding carboxylic acids is 1. The van der Waals surface area contributed by atoms with Crippen LogP contribution in [0.25, 0.3) is 0 Å². The van der Waals surface area contributed by atoms with E-state index in [0.717, 1.165) is 12.8 Å². The fraction of sp³-hybridized carbons (Fsp3) is 0.600. The molecule has 6 nitrogen and oxygen atoms in total. The fourth-order valence-electron chi connectivity index (χ4n) is 2.97. The quantitative estimate of drug-likeness (QED) is 0.864. The summed E-state index contributed by atoms with van der Waals surface area (Å²) in [6.07, 6.45) is 3.90. The molecule has 1 aliphatic rings. The van der Waals surface area contributed by atoms with E-state index in [9.17, 15) is 9.59 Å². The molecule has 0 aromatic carbocycles. The Balaban J connectivity index is 2.23. The standard InChI is InChI=1S/C15H21N3O3/c1-3-12-11(8-10(2)17-18-12)14(21)16-15(9-13(19)20)6-4-5-7-15/h8H,3-7,9H2,1-2H3,(H,16,21)(H,19,20). The number of aliphatic carboxylic acids is 1. The van der Waals surface area contributed by atoms with Crippen LogP contribution >= 0.6 is 0 Å². The number of nitrogens with one attached hydrogen (secondary N) is 1. The van der Waals surface area contributed by atoms with Crippen molar-refractivity contribution in [2.24, 2.45) is 0 Å². The van der Waals surface area contributed by atoms with Gasteiger partial charge in [0.15, 0.2) is 0 Å². The monoisotopic (exact) mass is 291 g/mol. The molecular weight excluding hydrogens is 270 g/mol. The Bertz CT molecular complexity index is 551. The summed E-state index contributed by atoms with van der Waals surface area (Å²) in [7, 11) is 0. The van der Waals surface area contributed by atoms with Gasteiger partial charge in [-0.1, -0.05) is 19.8 Å². The van der Waals surface area contributed by atoms with Crippen LogP contribution in [0.3, 0.4) is 0 Å². The van der Waals surface area contributed by atoms with E-state index in [1.165, 1.54) is 0 Å². The van der Waals surface area contributed by atoms with Crippen LogP contribution in [0.4, 0.5) is 0 Å². The van der Waals surface area contributed by atoms with Gasteiger partial charge >= 0.3 is 5.97 Å². The molecule has 2 N–H and O–H groups in total. The molecule has 1 aromatic heterocycles. The third-order valence-corrected chi connectivity index (χ3v) is 4.00. The van der Waals surface area contributed by atoms with Crippen LogP contribution in [-0.4, -0.2) is 32.7 Å². The molecule has 1 heterocycles. The second-order valence-corrected chi connectivity index (χ2v) is 5.71. The first-order chi connectivity index (χ1) is 9.96. The van der Waals surface area contributed by atoms with E-state index in [0.29, 0.717) is 36.2 Å². The lowest BCUT2D eigenvalue weighted by Gasteiger charge is -2.29. The highest BCUT2D eigenvalue weighted by molar-refractivity contribution is 5.96. The molecule has 114 valence electrons. The molecule has 1 aromatic rings. The average Bonchev–Trinajstić information content (AvgIpc) is 2.85. The molecule has 1 saturated carbocycles. The van der Waals surface area contributed by atoms with Gasteiger partial charge in [0.25, 0.3) is 5.91 Å². The summed E-state index contributed by atoms with van der Waals surface area (Å²) < 4.78 is 0. The maximum Gasteiger partial charge on any atom is 0.305 e. The van der Waals surface area contributed by atoms with Crippen LogP contribution in [0.1, 0.15) is 60.8 Å². The van der Waals surface area contributed by atoms with Gasteiger partial charge in [0, 0.05) is 0 Å². The van der Waals surface area contributed by atoms with Gasteiger partial charge in [-0.05, 0) is 32.3 Å². The highest BCUT2D eigenvalue weighted by Gasteiger charge is 2.38. The van der Waals surface area contributed by atoms with Crippen LogP contribution in [-0.2, 0) is 11.2 Å². The molecule has 0 saturated heterocycles. The highest BCUT2D eigenvalue weighted by Crippen LogP contribution is 2.33. The van der Waals surface area contributed by atoms with Crippen LogP contribution < -0.4 is 5.32 Å². The molecule has 0 atom stereocenters. The van der Waals surface area contributed by atoms with Crippen molar-refractivity contribution >= 4 is 11.9 Å². The highest BCUT2D eigenvalue weighted by atomic mass is 16.4. The van der Waals surface area contributed by atoms with E-state index in [2.05, 4.69) is 15.5 Å². The Kier molecular flexibility index (Phi) is 4.55. The topological polar surface area (TPSA) is 92.2 Å². The molecule has 1 amide bonds. The van der Waals surface area contributed by atoms with Crippen LogP contribution in [0.2, 0.25) is 0 Å². The Labute approximate surface area is 124 Å². The summed E-state index contributed by atoms with van der Waals surface area (Å²) in [6, 6.07) is 1.71. The van der Waals surface area contributed by atoms with Crippen molar-refractivity contribution in [2.45, 2.75) is 57.9 Å². The smallest absolute Gasteiger partial charge is 0.305 e. The predicted molar refractivity (Wildman–Crippen MR) is 77.1 cm³/mol. The first kappa shape index (κ1) is 15.4. The minimum atomic E-state index is -0.878. The molecule has 0 bridgehead atoms. The number of hydrogen-bond donors (Lipinski definition) is 2. The summed E-state index contributed by atoms with van der Waals surface area (Å²) in [6.45, 7) is 3.70. The second kappa shape index (κ2) is 6.20. The zero-order chi connectivity index (χ0) is 15.5. The van der Waals surface area contributed by atoms with Gasteiger partial charge in [-0.25, -0.2) is 0 Å². The fourth-order valence-corrected chi connectivity index (χ4v) is 2.97. The minimum absolute atomic E-state index is 0.0301. The van der Waals surface area contributed by atoms with Crippen LogP contribution in [0.15, 0.2) is 6.07 Å². The summed E-state index contributed by atoms with van der Waals surface area (Å²) in [5.74, 6) is -1.12. The molecule has 0 unspecified atom stereocenters. The summed E-state index contributed by atoms with van der Waals surface area (Å²) >= 11 is 0. The first-order valence-electron chi connectivity index (χ1n) is 7.33. The number of carboxylic acids is 1. The van der Waals surface area contributed by atoms with Gasteiger partial charge in [-0.15, -0.1) is 0 Å². The molecule has 1 aliphatic carbocycles. The van der Waals surface area contributed by atoms with Crippen LogP contribution in [0.5, 0.6) is 0 Å². The zero-order valence-electron chi connectivity index (χ0n) is 12.5. The number of aryl methyl sites for hydroxylation is 2. The van der Waals surface area contributed by atoms with Crippen molar-refractivity contribution in [2.75, 3.05) is 0 Å². The molecule has 1 fully saturated rings. The average molecular weight is 291 g/mol. The minimum Gasteiger partial charge on any atom is -0.481 e. The van der Waals surface area contributed by atoms with Crippen molar-refractivity contribution in [3.8, 4) is 0 Å². The molecule has 21 heavy (non-hydrogen) atoms. The molecule has 2 rings (SSSR count). The number of carbonyl (C=O) groups is 2. The Morgan fingerprint density at radius 3 is 2.57 bits per heavy atom. The van der Waals surface area contributed by atoms with Gasteiger partial charge in [-0.3, -0.25) is 9.59 Å². The Morgan fingerprint density at radius 2 is 2.00 bits per heavy atom. The van der Waals surface area contributed by atoms with E-state index < -0.39 is 11.5 Å². The van der Waals surface area contributed by atoms with Crippen molar-refractivity contribution in [1.29, 1.82) is 0 Å². The number of hydrogen-bond acceptors (Lipinski definition) is 4. The van der Waals surface area contributed by atoms with E-state index in [-0.39, 0.29) is 12.3 Å². The van der Waals surface area contributed by atoms with E-state index in [1.807, 2.05) is 6.92 Å². The normalized spacial score (nSPS) is 16.7. The van der Waals surface area contributed by atoms with Gasteiger partial charge in [-0.2, -0.15) is 10.2 Å². The number of carboxylic acid groups (broad SMARTS) is 1.